The van der Waals surface area contributed by atoms with Gasteiger partial charge in [0.25, 0.3) is 0 Å². The van der Waals surface area contributed by atoms with E-state index in [2.05, 4.69) is 41.2 Å². The molecule has 0 spiro atoms. The highest BCUT2D eigenvalue weighted by atomic mass is 32.1. The molecule has 1 N–H and O–H groups in total. The maximum absolute atomic E-state index is 5.36. The van der Waals surface area contributed by atoms with Gasteiger partial charge in [-0.25, -0.2) is 4.98 Å². The molecular weight excluding hydrogens is 256 g/mol. The van der Waals surface area contributed by atoms with Crippen molar-refractivity contribution in [3.8, 4) is 11.3 Å². The molecule has 0 fully saturated rings. The molecule has 4 heteroatoms. The standard InChI is InChI=1S/C15H18N2OS/c1-3-11-5-7-12(8-6-11)13-9-15(19)17-14(16-13)10-18-4-2/h5-9H,3-4,10H2,1-2H3,(H,16,17,19). The number of aromatic amines is 1. The zero-order valence-electron chi connectivity index (χ0n) is 11.3. The van der Waals surface area contributed by atoms with E-state index in [-0.39, 0.29) is 0 Å². The van der Waals surface area contributed by atoms with Gasteiger partial charge in [-0.3, -0.25) is 0 Å². The molecule has 2 aromatic rings. The fourth-order valence-electron chi connectivity index (χ4n) is 1.85. The molecule has 2 rings (SSSR count). The average Bonchev–Trinajstić information content (AvgIpc) is 2.44. The minimum Gasteiger partial charge on any atom is -0.374 e. The number of nitrogens with zero attached hydrogens (tertiary/aromatic N) is 1. The fourth-order valence-corrected chi connectivity index (χ4v) is 2.08. The van der Waals surface area contributed by atoms with Gasteiger partial charge in [-0.15, -0.1) is 0 Å². The second kappa shape index (κ2) is 6.59. The van der Waals surface area contributed by atoms with E-state index >= 15 is 0 Å². The van der Waals surface area contributed by atoms with Gasteiger partial charge >= 0.3 is 0 Å². The Balaban J connectivity index is 2.32. The number of rotatable bonds is 5. The van der Waals surface area contributed by atoms with Crippen LogP contribution in [0.25, 0.3) is 11.3 Å². The van der Waals surface area contributed by atoms with Gasteiger partial charge in [0.1, 0.15) is 17.1 Å². The molecular formula is C15H18N2OS. The summed E-state index contributed by atoms with van der Waals surface area (Å²) in [5.74, 6) is 0.768. The summed E-state index contributed by atoms with van der Waals surface area (Å²) in [7, 11) is 0. The van der Waals surface area contributed by atoms with Crippen LogP contribution in [-0.2, 0) is 17.8 Å². The monoisotopic (exact) mass is 274 g/mol. The van der Waals surface area contributed by atoms with E-state index in [1.165, 1.54) is 5.56 Å². The first-order valence-corrected chi connectivity index (χ1v) is 6.91. The molecule has 19 heavy (non-hydrogen) atoms. The van der Waals surface area contributed by atoms with Gasteiger partial charge in [-0.1, -0.05) is 43.4 Å². The Bertz CT molecular complexity index is 590. The van der Waals surface area contributed by atoms with Crippen molar-refractivity contribution < 1.29 is 4.74 Å². The van der Waals surface area contributed by atoms with E-state index < -0.39 is 0 Å². The van der Waals surface area contributed by atoms with Gasteiger partial charge in [-0.05, 0) is 30.5 Å². The zero-order chi connectivity index (χ0) is 13.7. The van der Waals surface area contributed by atoms with E-state index in [0.29, 0.717) is 17.9 Å². The van der Waals surface area contributed by atoms with Crippen LogP contribution < -0.4 is 0 Å². The smallest absolute Gasteiger partial charge is 0.134 e. The highest BCUT2D eigenvalue weighted by Gasteiger charge is 2.02. The molecule has 0 aliphatic rings. The van der Waals surface area contributed by atoms with Crippen molar-refractivity contribution in [2.45, 2.75) is 26.9 Å². The topological polar surface area (TPSA) is 37.9 Å². The van der Waals surface area contributed by atoms with E-state index in [4.69, 9.17) is 17.0 Å². The van der Waals surface area contributed by atoms with Crippen LogP contribution >= 0.6 is 12.2 Å². The summed E-state index contributed by atoms with van der Waals surface area (Å²) in [5, 5.41) is 0. The number of aromatic nitrogens is 2. The Morgan fingerprint density at radius 2 is 1.95 bits per heavy atom. The maximum atomic E-state index is 5.36. The Hall–Kier alpha value is -1.52. The maximum Gasteiger partial charge on any atom is 0.134 e. The largest absolute Gasteiger partial charge is 0.374 e. The van der Waals surface area contributed by atoms with Crippen LogP contribution in [0, 0.1) is 4.64 Å². The SMILES string of the molecule is CCOCc1nc(=S)cc(-c2ccc(CC)cc2)[nH]1. The molecule has 1 heterocycles. The third kappa shape index (κ3) is 3.72. The fraction of sp³-hybridized carbons (Fsp3) is 0.333. The second-order valence-corrected chi connectivity index (χ2v) is 4.69. The summed E-state index contributed by atoms with van der Waals surface area (Å²) in [6.07, 6.45) is 1.04. The van der Waals surface area contributed by atoms with Crippen LogP contribution in [0.3, 0.4) is 0 Å². The number of ether oxygens (including phenoxy) is 1. The van der Waals surface area contributed by atoms with Crippen LogP contribution in [0.4, 0.5) is 0 Å². The average molecular weight is 274 g/mol. The molecule has 0 saturated heterocycles. The molecule has 0 amide bonds. The van der Waals surface area contributed by atoms with Crippen LogP contribution in [0.5, 0.6) is 0 Å². The lowest BCUT2D eigenvalue weighted by Crippen LogP contribution is -2.00. The molecule has 100 valence electrons. The normalized spacial score (nSPS) is 10.6. The van der Waals surface area contributed by atoms with Crippen LogP contribution in [0.15, 0.2) is 30.3 Å². The van der Waals surface area contributed by atoms with Gasteiger partial charge in [0.05, 0.1) is 0 Å². The van der Waals surface area contributed by atoms with Crippen molar-refractivity contribution in [3.63, 3.8) is 0 Å². The summed E-state index contributed by atoms with van der Waals surface area (Å²) in [4.78, 5) is 7.54. The summed E-state index contributed by atoms with van der Waals surface area (Å²) in [5.41, 5.74) is 3.42. The van der Waals surface area contributed by atoms with Gasteiger partial charge in [0.15, 0.2) is 0 Å². The summed E-state index contributed by atoms with van der Waals surface area (Å²) >= 11 is 5.20. The first-order valence-electron chi connectivity index (χ1n) is 6.50. The summed E-state index contributed by atoms with van der Waals surface area (Å²) in [6, 6.07) is 10.4. The van der Waals surface area contributed by atoms with Crippen LogP contribution in [0.2, 0.25) is 0 Å². The van der Waals surface area contributed by atoms with E-state index in [1.807, 2.05) is 13.0 Å². The molecule has 0 unspecified atom stereocenters. The predicted octanol–water partition coefficient (Wildman–Crippen LogP) is 3.91. The Morgan fingerprint density at radius 3 is 2.58 bits per heavy atom. The molecule has 0 bridgehead atoms. The van der Waals surface area contributed by atoms with Crippen LogP contribution in [-0.4, -0.2) is 16.6 Å². The molecule has 0 aliphatic heterocycles. The number of nitrogens with one attached hydrogen (secondary N) is 1. The van der Waals surface area contributed by atoms with Crippen molar-refractivity contribution in [2.75, 3.05) is 6.61 Å². The second-order valence-electron chi connectivity index (χ2n) is 4.27. The van der Waals surface area contributed by atoms with Crippen molar-refractivity contribution in [1.82, 2.24) is 9.97 Å². The molecule has 0 aliphatic carbocycles. The van der Waals surface area contributed by atoms with Gasteiger partial charge in [0, 0.05) is 12.3 Å². The summed E-state index contributed by atoms with van der Waals surface area (Å²) < 4.78 is 5.95. The molecule has 0 atom stereocenters. The van der Waals surface area contributed by atoms with E-state index in [9.17, 15) is 0 Å². The first-order chi connectivity index (χ1) is 9.22. The van der Waals surface area contributed by atoms with Gasteiger partial charge in [0.2, 0.25) is 0 Å². The molecule has 0 radical (unpaired) electrons. The lowest BCUT2D eigenvalue weighted by molar-refractivity contribution is 0.128. The third-order valence-electron chi connectivity index (χ3n) is 2.91. The number of benzene rings is 1. The molecule has 3 nitrogen and oxygen atoms in total. The highest BCUT2D eigenvalue weighted by Crippen LogP contribution is 2.18. The molecule has 1 aromatic heterocycles. The third-order valence-corrected chi connectivity index (χ3v) is 3.12. The minimum atomic E-state index is 0.459. The van der Waals surface area contributed by atoms with Gasteiger partial charge in [-0.2, -0.15) is 0 Å². The molecule has 1 aromatic carbocycles. The van der Waals surface area contributed by atoms with E-state index in [1.54, 1.807) is 0 Å². The van der Waals surface area contributed by atoms with E-state index in [0.717, 1.165) is 23.5 Å². The zero-order valence-corrected chi connectivity index (χ0v) is 12.1. The van der Waals surface area contributed by atoms with Crippen molar-refractivity contribution in [3.05, 3.63) is 46.4 Å². The highest BCUT2D eigenvalue weighted by molar-refractivity contribution is 7.71. The minimum absolute atomic E-state index is 0.459. The summed E-state index contributed by atoms with van der Waals surface area (Å²) in [6.45, 7) is 5.23. The predicted molar refractivity (Wildman–Crippen MR) is 79.6 cm³/mol. The molecule has 0 saturated carbocycles. The Morgan fingerprint density at radius 1 is 1.21 bits per heavy atom. The number of hydrogen-bond acceptors (Lipinski definition) is 3. The van der Waals surface area contributed by atoms with Gasteiger partial charge < -0.3 is 9.72 Å². The Kier molecular flexibility index (Phi) is 4.82. The number of hydrogen-bond donors (Lipinski definition) is 1. The van der Waals surface area contributed by atoms with Crippen molar-refractivity contribution >= 4 is 12.2 Å². The number of H-pyrrole nitrogens is 1. The Labute approximate surface area is 118 Å². The quantitative estimate of drug-likeness (QED) is 0.840. The van der Waals surface area contributed by atoms with Crippen LogP contribution in [0.1, 0.15) is 25.2 Å². The first kappa shape index (κ1) is 13.9. The van der Waals surface area contributed by atoms with Crippen molar-refractivity contribution in [2.24, 2.45) is 0 Å². The lowest BCUT2D eigenvalue weighted by atomic mass is 10.1. The van der Waals surface area contributed by atoms with Crippen molar-refractivity contribution in [1.29, 1.82) is 0 Å². The number of aryl methyl sites for hydroxylation is 1. The lowest BCUT2D eigenvalue weighted by Gasteiger charge is -2.07.